The molecule has 1 saturated heterocycles. The first-order valence-electron chi connectivity index (χ1n) is 7.38. The Morgan fingerprint density at radius 2 is 2.16 bits per heavy atom. The average molecular weight is 262 g/mol. The van der Waals surface area contributed by atoms with Crippen LogP contribution in [0.15, 0.2) is 30.3 Å². The van der Waals surface area contributed by atoms with Crippen LogP contribution < -0.4 is 10.2 Å². The third kappa shape index (κ3) is 4.22. The number of nitrogens with zero attached hydrogens (tertiary/aromatic N) is 1. The van der Waals surface area contributed by atoms with Crippen molar-refractivity contribution in [3.63, 3.8) is 0 Å². The van der Waals surface area contributed by atoms with Gasteiger partial charge < -0.3 is 15.0 Å². The van der Waals surface area contributed by atoms with E-state index >= 15 is 0 Å². The van der Waals surface area contributed by atoms with Crippen molar-refractivity contribution in [2.75, 3.05) is 38.3 Å². The fourth-order valence-electron chi connectivity index (χ4n) is 2.66. The van der Waals surface area contributed by atoms with Gasteiger partial charge in [0.25, 0.3) is 0 Å². The highest BCUT2D eigenvalue weighted by molar-refractivity contribution is 5.45. The fraction of sp³-hybridized carbons (Fsp3) is 0.625. The molecule has 0 aliphatic carbocycles. The van der Waals surface area contributed by atoms with Crippen molar-refractivity contribution in [3.05, 3.63) is 30.3 Å². The van der Waals surface area contributed by atoms with Gasteiger partial charge in [-0.05, 0) is 31.5 Å². The molecule has 2 unspecified atom stereocenters. The molecule has 1 aliphatic heterocycles. The maximum Gasteiger partial charge on any atom is 0.0510 e. The summed E-state index contributed by atoms with van der Waals surface area (Å²) in [6.07, 6.45) is 2.36. The van der Waals surface area contributed by atoms with E-state index in [1.54, 1.807) is 0 Å². The lowest BCUT2D eigenvalue weighted by Crippen LogP contribution is -2.45. The van der Waals surface area contributed by atoms with Crippen molar-refractivity contribution >= 4 is 5.69 Å². The third-order valence-electron chi connectivity index (χ3n) is 3.86. The van der Waals surface area contributed by atoms with Crippen molar-refractivity contribution in [2.45, 2.75) is 25.8 Å². The molecule has 1 aliphatic rings. The summed E-state index contributed by atoms with van der Waals surface area (Å²) in [7, 11) is 2.17. The standard InChI is InChI=1S/C16H26N2O/c1-3-10-17-16(14-9-11-19-13-14)12-18(2)15-7-5-4-6-8-15/h4-8,14,16-17H,3,9-13H2,1-2H3. The molecule has 3 heteroatoms. The molecule has 2 rings (SSSR count). The predicted octanol–water partition coefficient (Wildman–Crippen LogP) is 2.53. The molecule has 0 aromatic heterocycles. The quantitative estimate of drug-likeness (QED) is 0.817. The van der Waals surface area contributed by atoms with Gasteiger partial charge in [0.05, 0.1) is 6.61 Å². The second kappa shape index (κ2) is 7.51. The van der Waals surface area contributed by atoms with E-state index < -0.39 is 0 Å². The second-order valence-corrected chi connectivity index (χ2v) is 5.40. The van der Waals surface area contributed by atoms with E-state index in [9.17, 15) is 0 Å². The summed E-state index contributed by atoms with van der Waals surface area (Å²) in [5.41, 5.74) is 1.28. The molecule has 1 aromatic rings. The molecule has 1 fully saturated rings. The van der Waals surface area contributed by atoms with Crippen molar-refractivity contribution in [3.8, 4) is 0 Å². The van der Waals surface area contributed by atoms with Crippen LogP contribution >= 0.6 is 0 Å². The first-order valence-corrected chi connectivity index (χ1v) is 7.38. The number of hydrogen-bond acceptors (Lipinski definition) is 3. The van der Waals surface area contributed by atoms with Gasteiger partial charge in [0.15, 0.2) is 0 Å². The maximum atomic E-state index is 5.55. The molecular weight excluding hydrogens is 236 g/mol. The van der Waals surface area contributed by atoms with Gasteiger partial charge in [-0.25, -0.2) is 0 Å². The summed E-state index contributed by atoms with van der Waals surface area (Å²) in [6.45, 7) is 6.17. The number of ether oxygens (including phenoxy) is 1. The van der Waals surface area contributed by atoms with Crippen molar-refractivity contribution in [1.29, 1.82) is 0 Å². The van der Waals surface area contributed by atoms with Crippen LogP contribution in [0.3, 0.4) is 0 Å². The van der Waals surface area contributed by atoms with Crippen LogP contribution in [-0.4, -0.2) is 39.4 Å². The number of para-hydroxylation sites is 1. The lowest BCUT2D eigenvalue weighted by Gasteiger charge is -2.30. The molecule has 106 valence electrons. The van der Waals surface area contributed by atoms with E-state index in [1.165, 1.54) is 18.5 Å². The Morgan fingerprint density at radius 3 is 2.79 bits per heavy atom. The van der Waals surface area contributed by atoms with E-state index in [1.807, 2.05) is 0 Å². The smallest absolute Gasteiger partial charge is 0.0510 e. The summed E-state index contributed by atoms with van der Waals surface area (Å²) in [4.78, 5) is 2.34. The van der Waals surface area contributed by atoms with E-state index in [4.69, 9.17) is 4.74 Å². The van der Waals surface area contributed by atoms with Gasteiger partial charge >= 0.3 is 0 Å². The number of likely N-dealkylation sites (N-methyl/N-ethyl adjacent to an activating group) is 1. The van der Waals surface area contributed by atoms with Gasteiger partial charge in [-0.1, -0.05) is 25.1 Å². The molecule has 1 heterocycles. The van der Waals surface area contributed by atoms with Gasteiger partial charge in [0.2, 0.25) is 0 Å². The molecule has 0 amide bonds. The minimum atomic E-state index is 0.521. The molecule has 0 spiro atoms. The van der Waals surface area contributed by atoms with Crippen LogP contribution in [0.4, 0.5) is 5.69 Å². The molecule has 1 aromatic carbocycles. The average Bonchev–Trinajstić information content (AvgIpc) is 2.98. The van der Waals surface area contributed by atoms with Crippen LogP contribution in [0, 0.1) is 5.92 Å². The van der Waals surface area contributed by atoms with Gasteiger partial charge in [-0.3, -0.25) is 0 Å². The molecule has 0 saturated carbocycles. The Bertz CT molecular complexity index is 349. The Kier molecular flexibility index (Phi) is 5.67. The van der Waals surface area contributed by atoms with Gasteiger partial charge in [-0.2, -0.15) is 0 Å². The molecule has 3 nitrogen and oxygen atoms in total. The summed E-state index contributed by atoms with van der Waals surface area (Å²) < 4.78 is 5.55. The number of rotatable bonds is 7. The van der Waals surface area contributed by atoms with Crippen molar-refractivity contribution < 1.29 is 4.74 Å². The van der Waals surface area contributed by atoms with Crippen molar-refractivity contribution in [2.24, 2.45) is 5.92 Å². The first kappa shape index (κ1) is 14.4. The lowest BCUT2D eigenvalue weighted by atomic mass is 9.98. The zero-order chi connectivity index (χ0) is 13.5. The van der Waals surface area contributed by atoms with Crippen LogP contribution in [0.2, 0.25) is 0 Å². The molecule has 1 N–H and O–H groups in total. The largest absolute Gasteiger partial charge is 0.381 e. The van der Waals surface area contributed by atoms with Crippen LogP contribution in [0.5, 0.6) is 0 Å². The predicted molar refractivity (Wildman–Crippen MR) is 80.7 cm³/mol. The van der Waals surface area contributed by atoms with Gasteiger partial charge in [0.1, 0.15) is 0 Å². The van der Waals surface area contributed by atoms with Gasteiger partial charge in [-0.15, -0.1) is 0 Å². The number of nitrogens with one attached hydrogen (secondary N) is 1. The number of hydrogen-bond donors (Lipinski definition) is 1. The number of benzene rings is 1. The van der Waals surface area contributed by atoms with Crippen LogP contribution in [0.25, 0.3) is 0 Å². The Morgan fingerprint density at radius 1 is 1.37 bits per heavy atom. The van der Waals surface area contributed by atoms with Gasteiger partial charge in [0, 0.05) is 37.8 Å². The van der Waals surface area contributed by atoms with E-state index in [0.717, 1.165) is 26.3 Å². The van der Waals surface area contributed by atoms with Crippen molar-refractivity contribution in [1.82, 2.24) is 5.32 Å². The Balaban J connectivity index is 1.94. The highest BCUT2D eigenvalue weighted by atomic mass is 16.5. The summed E-state index contributed by atoms with van der Waals surface area (Å²) in [6, 6.07) is 11.1. The summed E-state index contributed by atoms with van der Waals surface area (Å²) >= 11 is 0. The van der Waals surface area contributed by atoms with Crippen LogP contribution in [-0.2, 0) is 4.74 Å². The Labute approximate surface area is 116 Å². The zero-order valence-corrected chi connectivity index (χ0v) is 12.1. The summed E-state index contributed by atoms with van der Waals surface area (Å²) in [5, 5.41) is 3.69. The number of anilines is 1. The molecule has 19 heavy (non-hydrogen) atoms. The molecule has 0 bridgehead atoms. The fourth-order valence-corrected chi connectivity index (χ4v) is 2.66. The first-order chi connectivity index (χ1) is 9.31. The molecule has 0 radical (unpaired) electrons. The highest BCUT2D eigenvalue weighted by Crippen LogP contribution is 2.19. The maximum absolute atomic E-state index is 5.55. The molecular formula is C16H26N2O. The van der Waals surface area contributed by atoms with E-state index in [-0.39, 0.29) is 0 Å². The minimum absolute atomic E-state index is 0.521. The highest BCUT2D eigenvalue weighted by Gasteiger charge is 2.26. The van der Waals surface area contributed by atoms with Crippen LogP contribution in [0.1, 0.15) is 19.8 Å². The Hall–Kier alpha value is -1.06. The van der Waals surface area contributed by atoms with E-state index in [2.05, 4.69) is 54.5 Å². The lowest BCUT2D eigenvalue weighted by molar-refractivity contribution is 0.177. The SMILES string of the molecule is CCCNC(CN(C)c1ccccc1)C1CCOC1. The molecule has 2 atom stereocenters. The normalized spacial score (nSPS) is 20.4. The monoisotopic (exact) mass is 262 g/mol. The van der Waals surface area contributed by atoms with E-state index in [0.29, 0.717) is 12.0 Å². The topological polar surface area (TPSA) is 24.5 Å². The minimum Gasteiger partial charge on any atom is -0.381 e. The third-order valence-corrected chi connectivity index (χ3v) is 3.86. The summed E-state index contributed by atoms with van der Waals surface area (Å²) in [5.74, 6) is 0.651. The second-order valence-electron chi connectivity index (χ2n) is 5.40. The zero-order valence-electron chi connectivity index (χ0n) is 12.1.